The number of ether oxygens (including phenoxy) is 5. The minimum absolute atomic E-state index is 0. The lowest BCUT2D eigenvalue weighted by atomic mass is 10.1. The van der Waals surface area contributed by atoms with Gasteiger partial charge in [-0.15, -0.1) is 12.4 Å². The molecule has 0 spiro atoms. The second-order valence-corrected chi connectivity index (χ2v) is 32.0. The van der Waals surface area contributed by atoms with Gasteiger partial charge >= 0.3 is 11.9 Å². The number of fused-ring (bicyclic) bond motifs is 4. The number of aliphatic carboxylic acids is 1. The number of carbonyl (C=O) groups excluding carboxylic acids is 8. The van der Waals surface area contributed by atoms with E-state index in [-0.39, 0.29) is 116 Å². The van der Waals surface area contributed by atoms with Crippen LogP contribution in [0.1, 0.15) is 66.8 Å². The van der Waals surface area contributed by atoms with E-state index in [2.05, 4.69) is 76.6 Å². The average Bonchev–Trinajstić information content (AvgIpc) is 1.65. The summed E-state index contributed by atoms with van der Waals surface area (Å²) in [6.07, 6.45) is 9.09. The number of carboxylic acid groups (broad SMARTS) is 1. The SMILES string of the molecule is CCOC(=O)[C@@H]1CC1Cc1ccccc1.CN1C(=O)[C@@H](N)COc2ccccc21.CN1C(=O)[C@@H](NC(=O)C2C[C@H]2Cc2ccccc2)COc2ccccc21.CN1C(=O)[C@@H](NC(=O)[C@@H]2C[C@H]2Cc2ccccc2)COc2ccccc21.CN1C(=O)[C@@H](NC(=O)[C@H]2C[C@@H]2Cc2ccccc2)COc2ccccc21.Cl.O=C(O)[C@@H]1CC1Cc1ccccc1. The monoisotopic (exact) mass is 1660 g/mol. The molecule has 0 radical (unpaired) electrons. The van der Waals surface area contributed by atoms with Crippen LogP contribution in [0.2, 0.25) is 0 Å². The molecule has 5 saturated carbocycles. The number of hydrogen-bond acceptors (Lipinski definition) is 15. The van der Waals surface area contributed by atoms with Crippen LogP contribution in [0.4, 0.5) is 22.7 Å². The zero-order chi connectivity index (χ0) is 84.3. The Kier molecular flexibility index (Phi) is 30.2. The van der Waals surface area contributed by atoms with E-state index < -0.39 is 30.1 Å². The number of nitrogens with zero attached hydrogens (tertiary/aromatic N) is 4. The summed E-state index contributed by atoms with van der Waals surface area (Å²) in [5.41, 5.74) is 14.9. The third-order valence-corrected chi connectivity index (χ3v) is 23.3. The molecule has 5 aliphatic carbocycles. The van der Waals surface area contributed by atoms with Crippen LogP contribution < -0.4 is 60.2 Å². The van der Waals surface area contributed by atoms with Gasteiger partial charge in [-0.2, -0.15) is 0 Å². The first-order valence-corrected chi connectivity index (χ1v) is 41.4. The van der Waals surface area contributed by atoms with Crippen LogP contribution in [0.15, 0.2) is 249 Å². The Morgan fingerprint density at radius 2 is 0.579 bits per heavy atom. The summed E-state index contributed by atoms with van der Waals surface area (Å²) in [6.45, 7) is 3.05. The molecule has 4 heterocycles. The molecule has 18 rings (SSSR count). The summed E-state index contributed by atoms with van der Waals surface area (Å²) < 4.78 is 27.7. The van der Waals surface area contributed by atoms with Crippen molar-refractivity contribution in [1.82, 2.24) is 16.0 Å². The minimum Gasteiger partial charge on any atom is -0.489 e. The number of para-hydroxylation sites is 8. The van der Waals surface area contributed by atoms with Gasteiger partial charge in [0.25, 0.3) is 17.7 Å². The third kappa shape index (κ3) is 23.8. The maximum Gasteiger partial charge on any atom is 0.309 e. The molecule has 6 N–H and O–H groups in total. The lowest BCUT2D eigenvalue weighted by Gasteiger charge is -2.20. The Morgan fingerprint density at radius 1 is 0.347 bits per heavy atom. The number of benzene rings is 9. The Hall–Kier alpha value is -12.3. The van der Waals surface area contributed by atoms with Crippen LogP contribution in [0.3, 0.4) is 0 Å². The van der Waals surface area contributed by atoms with Crippen LogP contribution in [-0.2, 0) is 80.0 Å². The van der Waals surface area contributed by atoms with E-state index in [1.54, 1.807) is 42.9 Å². The van der Waals surface area contributed by atoms with Crippen molar-refractivity contribution < 1.29 is 71.9 Å². The van der Waals surface area contributed by atoms with E-state index in [0.717, 1.165) is 87.0 Å². The van der Waals surface area contributed by atoms with Crippen LogP contribution in [0.5, 0.6) is 23.0 Å². The molecule has 7 amide bonds. The molecule has 0 bridgehead atoms. The number of hydrogen-bond donors (Lipinski definition) is 5. The lowest BCUT2D eigenvalue weighted by molar-refractivity contribution is -0.145. The molecule has 5 fully saturated rings. The summed E-state index contributed by atoms with van der Waals surface area (Å²) in [5.74, 6) is 3.30. The van der Waals surface area contributed by atoms with Crippen LogP contribution >= 0.6 is 12.4 Å². The highest BCUT2D eigenvalue weighted by atomic mass is 35.5. The van der Waals surface area contributed by atoms with E-state index in [9.17, 15) is 43.2 Å². The number of carbonyl (C=O) groups is 9. The summed E-state index contributed by atoms with van der Waals surface area (Å²) in [4.78, 5) is 116. The Morgan fingerprint density at radius 3 is 0.851 bits per heavy atom. The first-order valence-electron chi connectivity index (χ1n) is 41.4. The number of nitrogens with one attached hydrogen (secondary N) is 3. The number of likely N-dealkylation sites (N-methyl/N-ethyl adjacent to an activating group) is 4. The second kappa shape index (κ2) is 41.6. The van der Waals surface area contributed by atoms with E-state index in [1.807, 2.05) is 195 Å². The van der Waals surface area contributed by atoms with Gasteiger partial charge in [0, 0.05) is 45.9 Å². The number of halogens is 1. The maximum absolute atomic E-state index is 12.7. The average molecular weight is 1660 g/mol. The Bertz CT molecular complexity index is 4710. The van der Waals surface area contributed by atoms with Gasteiger partial charge in [-0.25, -0.2) is 0 Å². The van der Waals surface area contributed by atoms with Gasteiger partial charge in [0.2, 0.25) is 23.6 Å². The highest BCUT2D eigenvalue weighted by molar-refractivity contribution is 6.03. The molecule has 632 valence electrons. The molecule has 0 aromatic heterocycles. The molecule has 0 saturated heterocycles. The number of rotatable bonds is 19. The van der Waals surface area contributed by atoms with Gasteiger partial charge in [-0.3, -0.25) is 43.2 Å². The summed E-state index contributed by atoms with van der Waals surface area (Å²) in [5, 5.41) is 17.4. The molecular weight excluding hydrogens is 1550 g/mol. The van der Waals surface area contributed by atoms with Crippen LogP contribution in [0.25, 0.3) is 0 Å². The second-order valence-electron chi connectivity index (χ2n) is 32.0. The molecular formula is C97H107ClN8O15. The number of esters is 1. The minimum atomic E-state index is -0.655. The van der Waals surface area contributed by atoms with E-state index >= 15 is 0 Å². The fraction of sp³-hybridized carbons (Fsp3) is 0.351. The van der Waals surface area contributed by atoms with Crippen molar-refractivity contribution in [1.29, 1.82) is 0 Å². The molecule has 4 aliphatic heterocycles. The molecule has 9 aromatic carbocycles. The van der Waals surface area contributed by atoms with Crippen molar-refractivity contribution in [2.45, 2.75) is 95.3 Å². The van der Waals surface area contributed by atoms with Crippen molar-refractivity contribution in [3.05, 3.63) is 277 Å². The van der Waals surface area contributed by atoms with Gasteiger partial charge in [0.05, 0.1) is 41.2 Å². The highest BCUT2D eigenvalue weighted by Crippen LogP contribution is 2.46. The fourth-order valence-electron chi connectivity index (χ4n) is 15.7. The van der Waals surface area contributed by atoms with Crippen molar-refractivity contribution >= 4 is 88.4 Å². The Balaban J connectivity index is 0.000000136. The van der Waals surface area contributed by atoms with E-state index in [0.29, 0.717) is 59.2 Å². The fourth-order valence-corrected chi connectivity index (χ4v) is 15.7. The van der Waals surface area contributed by atoms with Crippen LogP contribution in [0, 0.1) is 59.2 Å². The maximum atomic E-state index is 12.7. The quantitative estimate of drug-likeness (QED) is 0.0470. The van der Waals surface area contributed by atoms with Crippen molar-refractivity contribution in [2.75, 3.05) is 80.8 Å². The molecule has 9 aliphatic rings. The number of anilines is 4. The van der Waals surface area contributed by atoms with Gasteiger partial charge in [-0.05, 0) is 177 Å². The molecule has 23 nitrogen and oxygen atoms in total. The summed E-state index contributed by atoms with van der Waals surface area (Å²) in [6, 6.07) is 78.1. The van der Waals surface area contributed by atoms with E-state index in [1.165, 1.54) is 32.7 Å². The number of carboxylic acids is 1. The highest BCUT2D eigenvalue weighted by Gasteiger charge is 2.48. The predicted molar refractivity (Wildman–Crippen MR) is 465 cm³/mol. The van der Waals surface area contributed by atoms with E-state index in [4.69, 9.17) is 34.5 Å². The zero-order valence-electron chi connectivity index (χ0n) is 68.8. The standard InChI is InChI=1S/3C21H22N2O3.C13H16O2.C11H12O2.C10H12N2O2.ClH/c3*1-23-18-9-5-6-10-19(18)26-13-17(21(23)25)22-20(24)16-12-15(16)11-14-7-3-2-4-8-14;1-2-15-13(14)12-9-11(12)8-10-6-4-3-5-7-10;12-11(13)10-7-9(10)6-8-4-2-1-3-5-8;1-12-8-4-2-3-5-9(8)14-6-7(11)10(12)13;/h3*2-10,15-17H,11-13H2,1H3,(H,22,24);3-7,11-12H,2,8-9H2,1H3;1-5,9-10H,6-7H2,(H,12,13);2-5,7H,6,11H2,1H3;1H/t15-,16?,17+;15-,16-,17+;15-,16-,17-;11?,12-;9?,10-;7-;/m110110./s1. The molecule has 24 heteroatoms. The zero-order valence-corrected chi connectivity index (χ0v) is 69.6. The summed E-state index contributed by atoms with van der Waals surface area (Å²) >= 11 is 0. The topological polar surface area (TPSA) is 295 Å². The number of amides is 7. The first kappa shape index (κ1) is 88.0. The first-order chi connectivity index (χ1) is 58.2. The molecule has 3 unspecified atom stereocenters. The third-order valence-electron chi connectivity index (χ3n) is 23.3. The van der Waals surface area contributed by atoms with Gasteiger partial charge in [0.1, 0.15) is 73.6 Å². The van der Waals surface area contributed by atoms with Gasteiger partial charge < -0.3 is 70.1 Å². The molecule has 14 atom stereocenters. The summed E-state index contributed by atoms with van der Waals surface area (Å²) in [7, 11) is 6.84. The molecule has 9 aromatic rings. The van der Waals surface area contributed by atoms with Gasteiger partial charge in [-0.1, -0.05) is 200 Å². The van der Waals surface area contributed by atoms with Crippen molar-refractivity contribution in [3.63, 3.8) is 0 Å². The Labute approximate surface area is 713 Å². The van der Waals surface area contributed by atoms with Crippen molar-refractivity contribution in [2.24, 2.45) is 64.9 Å². The molecule has 121 heavy (non-hydrogen) atoms. The lowest BCUT2D eigenvalue weighted by Crippen LogP contribution is -2.50. The van der Waals surface area contributed by atoms with Gasteiger partial charge in [0.15, 0.2) is 0 Å². The van der Waals surface area contributed by atoms with Crippen LogP contribution in [-0.4, -0.2) is 144 Å². The normalized spacial score (nSPS) is 23.8. The predicted octanol–water partition coefficient (Wildman–Crippen LogP) is 12.4. The van der Waals surface area contributed by atoms with Crippen molar-refractivity contribution in [3.8, 4) is 23.0 Å². The number of nitrogens with two attached hydrogens (primary N) is 1. The smallest absolute Gasteiger partial charge is 0.309 e. The largest absolute Gasteiger partial charge is 0.489 e.